The number of hydrogen-bond acceptors (Lipinski definition) is 8. The van der Waals surface area contributed by atoms with Gasteiger partial charge in [0.15, 0.2) is 0 Å². The maximum absolute atomic E-state index is 10.0. The molecule has 0 saturated carbocycles. The lowest BCUT2D eigenvalue weighted by molar-refractivity contribution is -0.181. The minimum atomic E-state index is -2.57. The second-order valence-electron chi connectivity index (χ2n) is 11.9. The Morgan fingerprint density at radius 2 is 1.16 bits per heavy atom. The Hall–Kier alpha value is -1.66. The molecule has 0 unspecified atom stereocenters. The van der Waals surface area contributed by atoms with Gasteiger partial charge < -0.3 is 38.0 Å². The zero-order valence-corrected chi connectivity index (χ0v) is 28.3. The summed E-state index contributed by atoms with van der Waals surface area (Å²) in [7, 11) is 0.682. The maximum atomic E-state index is 10.0. The van der Waals surface area contributed by atoms with E-state index in [4.69, 9.17) is 32.8 Å². The highest BCUT2D eigenvalue weighted by Crippen LogP contribution is 2.38. The Labute approximate surface area is 261 Å². The molecule has 2 aromatic rings. The van der Waals surface area contributed by atoms with Crippen LogP contribution in [-0.2, 0) is 32.8 Å². The van der Waals surface area contributed by atoms with Gasteiger partial charge >= 0.3 is 0 Å². The van der Waals surface area contributed by atoms with Gasteiger partial charge in [-0.05, 0) is 35.2 Å². The summed E-state index contributed by atoms with van der Waals surface area (Å²) in [5.41, 5.74) is 0. The Morgan fingerprint density at radius 3 is 1.63 bits per heavy atom. The van der Waals surface area contributed by atoms with Crippen LogP contribution >= 0.6 is 0 Å². The maximum Gasteiger partial charge on any atom is 0.261 e. The molecule has 9 heteroatoms. The molecule has 244 valence electrons. The summed E-state index contributed by atoms with van der Waals surface area (Å²) in [5.74, 6) is 0. The third kappa shape index (κ3) is 12.7. The van der Waals surface area contributed by atoms with Gasteiger partial charge in [-0.2, -0.15) is 0 Å². The van der Waals surface area contributed by atoms with Crippen molar-refractivity contribution in [1.29, 1.82) is 0 Å². The average molecular weight is 621 g/mol. The van der Waals surface area contributed by atoms with E-state index in [-0.39, 0.29) is 37.4 Å². The van der Waals surface area contributed by atoms with Crippen LogP contribution in [0.4, 0.5) is 0 Å². The van der Waals surface area contributed by atoms with E-state index < -0.39 is 14.4 Å². The molecule has 0 aliphatic carbocycles. The van der Waals surface area contributed by atoms with Gasteiger partial charge in [0.05, 0.1) is 39.1 Å². The van der Waals surface area contributed by atoms with Crippen molar-refractivity contribution in [3.63, 3.8) is 0 Å². The number of unbranched alkanes of at least 4 members (excludes halogenated alkanes) is 2. The van der Waals surface area contributed by atoms with Crippen LogP contribution in [0.3, 0.4) is 0 Å². The zero-order chi connectivity index (χ0) is 31.4. The van der Waals surface area contributed by atoms with E-state index in [0.717, 1.165) is 32.1 Å². The number of methoxy groups -OCH3 is 2. The van der Waals surface area contributed by atoms with Crippen LogP contribution in [0.1, 0.15) is 59.8 Å². The Balaban J connectivity index is 1.98. The molecule has 0 bridgehead atoms. The topological polar surface area (TPSA) is 84.8 Å². The van der Waals surface area contributed by atoms with Crippen LogP contribution in [-0.4, -0.2) is 92.6 Å². The number of ether oxygens (including phenoxy) is 6. The van der Waals surface area contributed by atoms with Crippen molar-refractivity contribution in [2.75, 3.05) is 60.8 Å². The first-order chi connectivity index (χ1) is 20.8. The first kappa shape index (κ1) is 37.5. The van der Waals surface area contributed by atoms with Crippen LogP contribution in [0.15, 0.2) is 60.7 Å². The van der Waals surface area contributed by atoms with Crippen molar-refractivity contribution in [2.24, 2.45) is 0 Å². The molecule has 0 amide bonds. The quantitative estimate of drug-likeness (QED) is 0.101. The molecule has 43 heavy (non-hydrogen) atoms. The normalized spacial score (nSPS) is 14.5. The van der Waals surface area contributed by atoms with Gasteiger partial charge in [0.1, 0.15) is 19.7 Å². The minimum Gasteiger partial charge on any atom is -0.405 e. The van der Waals surface area contributed by atoms with E-state index in [1.54, 1.807) is 14.2 Å². The summed E-state index contributed by atoms with van der Waals surface area (Å²) >= 11 is 0. The summed E-state index contributed by atoms with van der Waals surface area (Å²) in [4.78, 5) is 0. The molecule has 0 saturated heterocycles. The van der Waals surface area contributed by atoms with Crippen LogP contribution in [0.25, 0.3) is 0 Å². The highest BCUT2D eigenvalue weighted by atomic mass is 28.4. The highest BCUT2D eigenvalue weighted by molar-refractivity contribution is 6.99. The molecule has 0 aliphatic rings. The van der Waals surface area contributed by atoms with Gasteiger partial charge in [-0.3, -0.25) is 0 Å². The predicted octanol–water partition coefficient (Wildman–Crippen LogP) is 4.91. The molecule has 2 aromatic carbocycles. The fourth-order valence-corrected chi connectivity index (χ4v) is 10.1. The van der Waals surface area contributed by atoms with Gasteiger partial charge in [0.2, 0.25) is 0 Å². The molecule has 0 aliphatic heterocycles. The number of benzene rings is 2. The molecule has 0 fully saturated rings. The van der Waals surface area contributed by atoms with Crippen molar-refractivity contribution >= 4 is 18.7 Å². The molecule has 0 heterocycles. The van der Waals surface area contributed by atoms with Crippen molar-refractivity contribution < 1.29 is 38.0 Å². The first-order valence-electron chi connectivity index (χ1n) is 15.6. The van der Waals surface area contributed by atoms with Gasteiger partial charge in [0, 0.05) is 20.3 Å². The lowest BCUT2D eigenvalue weighted by Crippen LogP contribution is -2.67. The van der Waals surface area contributed by atoms with Crippen molar-refractivity contribution in [1.82, 2.24) is 0 Å². The Kier molecular flexibility index (Phi) is 18.4. The van der Waals surface area contributed by atoms with Gasteiger partial charge in [0.25, 0.3) is 8.32 Å². The smallest absolute Gasteiger partial charge is 0.261 e. The second kappa shape index (κ2) is 21.1. The molecule has 3 atom stereocenters. The van der Waals surface area contributed by atoms with E-state index in [1.165, 1.54) is 10.4 Å². The number of rotatable bonds is 24. The summed E-state index contributed by atoms with van der Waals surface area (Å²) in [6, 6.07) is 21.6. The third-order valence-corrected chi connectivity index (χ3v) is 12.7. The van der Waals surface area contributed by atoms with E-state index in [2.05, 4.69) is 88.4 Å². The number of aliphatic hydroxyl groups excluding tert-OH is 1. The van der Waals surface area contributed by atoms with Crippen molar-refractivity contribution in [3.8, 4) is 0 Å². The van der Waals surface area contributed by atoms with Crippen LogP contribution in [0.5, 0.6) is 0 Å². The fourth-order valence-electron chi connectivity index (χ4n) is 5.33. The number of hydrogen-bond donors (Lipinski definition) is 1. The summed E-state index contributed by atoms with van der Waals surface area (Å²) < 4.78 is 40.0. The largest absolute Gasteiger partial charge is 0.405 e. The number of aliphatic hydroxyl groups is 1. The van der Waals surface area contributed by atoms with E-state index in [9.17, 15) is 5.11 Å². The van der Waals surface area contributed by atoms with Crippen LogP contribution in [0, 0.1) is 0 Å². The second-order valence-corrected chi connectivity index (χ2v) is 16.1. The monoisotopic (exact) mass is 620 g/mol. The summed E-state index contributed by atoms with van der Waals surface area (Å²) in [6.07, 6.45) is 3.95. The molecule has 0 radical (unpaired) electrons. The SMILES string of the molecule is COCCOCO[C@@H](CCCCC[C@@H](C)O[Si](c1ccccc1)(c1ccccc1)C(C)(C)C)[C@@H](CO)OCOCCOC. The van der Waals surface area contributed by atoms with Gasteiger partial charge in [-0.15, -0.1) is 0 Å². The first-order valence-corrected chi connectivity index (χ1v) is 17.5. The Morgan fingerprint density at radius 1 is 0.674 bits per heavy atom. The fraction of sp³-hybridized carbons (Fsp3) is 0.647. The van der Waals surface area contributed by atoms with E-state index in [1.807, 2.05) is 0 Å². The van der Waals surface area contributed by atoms with E-state index >= 15 is 0 Å². The molecule has 8 nitrogen and oxygen atoms in total. The summed E-state index contributed by atoms with van der Waals surface area (Å²) in [5, 5.41) is 12.6. The Bertz CT molecular complexity index is 901. The molecule has 0 aromatic heterocycles. The van der Waals surface area contributed by atoms with Gasteiger partial charge in [-0.25, -0.2) is 0 Å². The molecule has 1 N–H and O–H groups in total. The molecular formula is C34H56O8Si. The standard InChI is InChI=1S/C34H56O8Si/c1-29(42-43(34(2,3)4,30-17-11-8-12-18-30)31-19-13-9-14-20-31)16-10-7-15-21-32(40-27-38-24-22-36-5)33(26-35)41-28-39-25-23-37-6/h8-9,11-14,17-20,29,32-33,35H,7,10,15-16,21-28H2,1-6H3/t29-,32+,33-/m1/s1. The molecule has 0 spiro atoms. The third-order valence-electron chi connectivity index (χ3n) is 7.58. The van der Waals surface area contributed by atoms with Crippen LogP contribution in [0.2, 0.25) is 5.04 Å². The molecule has 2 rings (SSSR count). The van der Waals surface area contributed by atoms with Gasteiger partial charge in [-0.1, -0.05) is 101 Å². The highest BCUT2D eigenvalue weighted by Gasteiger charge is 2.50. The lowest BCUT2D eigenvalue weighted by atomic mass is 10.0. The minimum absolute atomic E-state index is 0.0492. The lowest BCUT2D eigenvalue weighted by Gasteiger charge is -2.44. The summed E-state index contributed by atoms with van der Waals surface area (Å²) in [6.45, 7) is 11.0. The van der Waals surface area contributed by atoms with Crippen LogP contribution < -0.4 is 10.4 Å². The average Bonchev–Trinajstić information content (AvgIpc) is 3.01. The van der Waals surface area contributed by atoms with E-state index in [0.29, 0.717) is 26.4 Å². The molecular weight excluding hydrogens is 564 g/mol. The predicted molar refractivity (Wildman–Crippen MR) is 173 cm³/mol. The zero-order valence-electron chi connectivity index (χ0n) is 27.3. The van der Waals surface area contributed by atoms with Crippen molar-refractivity contribution in [3.05, 3.63) is 60.7 Å². The van der Waals surface area contributed by atoms with Crippen molar-refractivity contribution in [2.45, 2.75) is 83.1 Å².